The Balaban J connectivity index is 0. The Morgan fingerprint density at radius 1 is 0.378 bits per heavy atom. The van der Waals surface area contributed by atoms with Crippen molar-refractivity contribution >= 4 is 18.1 Å². The molecule has 0 radical (unpaired) electrons. The highest BCUT2D eigenvalue weighted by atomic mass is 28.4. The Bertz CT molecular complexity index is 625. The SMILES string of the molecule is CCC(C)(C)O[Si](O)(OC(C)(C)C)OC(C)(C)C.CCC(C)(C)O[Si](O)(OC(C)(C)C)OC(C)(C)CC. The van der Waals surface area contributed by atoms with Gasteiger partial charge in [-0.25, -0.2) is 0 Å². The third kappa shape index (κ3) is 20.6. The van der Waals surface area contributed by atoms with Crippen LogP contribution in [0.2, 0.25) is 0 Å². The van der Waals surface area contributed by atoms with Crippen LogP contribution < -0.4 is 0 Å². The minimum Gasteiger partial charge on any atom is -0.367 e. The first-order valence-corrected chi connectivity index (χ1v) is 16.9. The van der Waals surface area contributed by atoms with Crippen molar-refractivity contribution in [3.8, 4) is 0 Å². The first-order valence-electron chi connectivity index (χ1n) is 13.6. The average molecular weight is 571 g/mol. The van der Waals surface area contributed by atoms with E-state index in [1.807, 2.05) is 125 Å². The Kier molecular flexibility index (Phi) is 14.5. The lowest BCUT2D eigenvalue weighted by Gasteiger charge is -2.40. The first kappa shape index (κ1) is 39.3. The van der Waals surface area contributed by atoms with Crippen molar-refractivity contribution < 1.29 is 36.1 Å². The highest BCUT2D eigenvalue weighted by Crippen LogP contribution is 2.30. The van der Waals surface area contributed by atoms with Crippen LogP contribution in [0.5, 0.6) is 0 Å². The Labute approximate surface area is 231 Å². The molecule has 8 nitrogen and oxygen atoms in total. The topological polar surface area (TPSA) is 95.8 Å². The molecule has 0 aromatic carbocycles. The summed E-state index contributed by atoms with van der Waals surface area (Å²) in [6.07, 6.45) is 2.31. The molecule has 0 amide bonds. The molecule has 0 unspecified atom stereocenters. The smallest absolute Gasteiger partial charge is 0.367 e. The van der Waals surface area contributed by atoms with Gasteiger partial charge in [-0.2, -0.15) is 0 Å². The molecule has 37 heavy (non-hydrogen) atoms. The number of hydrogen-bond donors (Lipinski definition) is 2. The maximum Gasteiger partial charge on any atom is 0.678 e. The number of rotatable bonds is 12. The monoisotopic (exact) mass is 570 g/mol. The van der Waals surface area contributed by atoms with Crippen LogP contribution >= 0.6 is 0 Å². The molecule has 0 saturated heterocycles. The van der Waals surface area contributed by atoms with Crippen LogP contribution in [0.25, 0.3) is 0 Å². The van der Waals surface area contributed by atoms with E-state index in [2.05, 4.69) is 0 Å². The minimum absolute atomic E-state index is 0.475. The van der Waals surface area contributed by atoms with E-state index in [4.69, 9.17) is 26.6 Å². The lowest BCUT2D eigenvalue weighted by atomic mass is 10.1. The summed E-state index contributed by atoms with van der Waals surface area (Å²) in [7, 11) is -7.37. The summed E-state index contributed by atoms with van der Waals surface area (Å²) < 4.78 is 34.6. The van der Waals surface area contributed by atoms with Gasteiger partial charge in [0.25, 0.3) is 0 Å². The molecular weight excluding hydrogens is 508 g/mol. The molecule has 10 heteroatoms. The van der Waals surface area contributed by atoms with Crippen LogP contribution in [-0.4, -0.2) is 61.3 Å². The van der Waals surface area contributed by atoms with Gasteiger partial charge in [-0.05, 0) is 123 Å². The van der Waals surface area contributed by atoms with Crippen LogP contribution in [0.4, 0.5) is 0 Å². The zero-order valence-electron chi connectivity index (χ0n) is 27.5. The van der Waals surface area contributed by atoms with E-state index in [9.17, 15) is 9.59 Å². The minimum atomic E-state index is -3.70. The van der Waals surface area contributed by atoms with Crippen molar-refractivity contribution in [1.29, 1.82) is 0 Å². The highest BCUT2D eigenvalue weighted by Gasteiger charge is 2.52. The van der Waals surface area contributed by atoms with Crippen molar-refractivity contribution in [3.05, 3.63) is 0 Å². The maximum absolute atomic E-state index is 10.8. The molecule has 0 saturated carbocycles. The van der Waals surface area contributed by atoms with Gasteiger partial charge in [0.2, 0.25) is 0 Å². The predicted octanol–water partition coefficient (Wildman–Crippen LogP) is 6.89. The van der Waals surface area contributed by atoms with Gasteiger partial charge in [0.15, 0.2) is 0 Å². The second-order valence-corrected chi connectivity index (χ2v) is 17.7. The Morgan fingerprint density at radius 2 is 0.541 bits per heavy atom. The van der Waals surface area contributed by atoms with Crippen LogP contribution in [0, 0.1) is 0 Å². The fourth-order valence-corrected chi connectivity index (χ4v) is 7.65. The van der Waals surface area contributed by atoms with E-state index in [-0.39, 0.29) is 0 Å². The van der Waals surface area contributed by atoms with Gasteiger partial charge in [-0.15, -0.1) is 0 Å². The van der Waals surface area contributed by atoms with Gasteiger partial charge in [0.05, 0.1) is 33.6 Å². The standard InChI is InChI=1S/C14H32O4Si.C13H30O4Si/c1-10-13(6,7)17-19(15,16-12(3,4)5)18-14(8,9)11-2;1-10-13(8,9)17-18(14,15-11(2,3)4)16-12(5,6)7/h15H,10-11H2,1-9H3;14H,10H2,1-9H3. The molecule has 0 spiro atoms. The third-order valence-corrected chi connectivity index (χ3v) is 10.1. The Morgan fingerprint density at radius 3 is 0.676 bits per heavy atom. The zero-order chi connectivity index (χ0) is 30.4. The van der Waals surface area contributed by atoms with E-state index in [0.29, 0.717) is 0 Å². The summed E-state index contributed by atoms with van der Waals surface area (Å²) in [4.78, 5) is 21.4. The van der Waals surface area contributed by atoms with Crippen molar-refractivity contribution in [2.45, 2.75) is 177 Å². The molecule has 0 heterocycles. The van der Waals surface area contributed by atoms with E-state index < -0.39 is 51.7 Å². The quantitative estimate of drug-likeness (QED) is 0.245. The van der Waals surface area contributed by atoms with Crippen LogP contribution in [0.1, 0.15) is 144 Å². The van der Waals surface area contributed by atoms with Gasteiger partial charge in [-0.1, -0.05) is 20.8 Å². The molecule has 0 rings (SSSR count). The number of hydrogen-bond acceptors (Lipinski definition) is 8. The first-order chi connectivity index (χ1) is 15.9. The summed E-state index contributed by atoms with van der Waals surface area (Å²) >= 11 is 0. The molecular formula is C27H62O8Si2. The van der Waals surface area contributed by atoms with Gasteiger partial charge < -0.3 is 36.1 Å². The summed E-state index contributed by atoms with van der Waals surface area (Å²) in [5.74, 6) is 0. The molecule has 0 aromatic rings. The lowest BCUT2D eigenvalue weighted by molar-refractivity contribution is -0.129. The predicted molar refractivity (Wildman–Crippen MR) is 155 cm³/mol. The van der Waals surface area contributed by atoms with Crippen LogP contribution in [0.15, 0.2) is 0 Å². The van der Waals surface area contributed by atoms with Crippen molar-refractivity contribution in [1.82, 2.24) is 0 Å². The summed E-state index contributed by atoms with van der Waals surface area (Å²) in [6, 6.07) is 0. The summed E-state index contributed by atoms with van der Waals surface area (Å²) in [5.41, 5.74) is -2.98. The van der Waals surface area contributed by atoms with E-state index in [1.54, 1.807) is 0 Å². The maximum atomic E-state index is 10.8. The fraction of sp³-hybridized carbons (Fsp3) is 1.00. The summed E-state index contributed by atoms with van der Waals surface area (Å²) in [6.45, 7) is 34.5. The highest BCUT2D eigenvalue weighted by molar-refractivity contribution is 6.52. The molecule has 0 bridgehead atoms. The van der Waals surface area contributed by atoms with Crippen molar-refractivity contribution in [2.75, 3.05) is 0 Å². The van der Waals surface area contributed by atoms with Gasteiger partial charge in [0.1, 0.15) is 0 Å². The molecule has 0 aliphatic carbocycles. The lowest BCUT2D eigenvalue weighted by Crippen LogP contribution is -2.58. The van der Waals surface area contributed by atoms with Crippen molar-refractivity contribution in [3.63, 3.8) is 0 Å². The molecule has 2 N–H and O–H groups in total. The van der Waals surface area contributed by atoms with E-state index in [0.717, 1.165) is 19.3 Å². The zero-order valence-corrected chi connectivity index (χ0v) is 29.5. The molecule has 0 fully saturated rings. The average Bonchev–Trinajstić information content (AvgIpc) is 2.54. The Hall–Kier alpha value is 0.114. The van der Waals surface area contributed by atoms with Crippen molar-refractivity contribution in [2.24, 2.45) is 0 Å². The third-order valence-electron chi connectivity index (χ3n) is 5.08. The molecule has 0 aromatic heterocycles. The van der Waals surface area contributed by atoms with Gasteiger partial charge >= 0.3 is 18.1 Å². The molecule has 226 valence electrons. The van der Waals surface area contributed by atoms with E-state index >= 15 is 0 Å². The van der Waals surface area contributed by atoms with Crippen LogP contribution in [-0.2, 0) is 26.6 Å². The summed E-state index contributed by atoms with van der Waals surface area (Å²) in [5, 5.41) is 0. The second-order valence-electron chi connectivity index (χ2n) is 14.3. The normalized spacial score (nSPS) is 14.9. The fourth-order valence-electron chi connectivity index (χ4n) is 2.55. The van der Waals surface area contributed by atoms with Gasteiger partial charge in [0, 0.05) is 0 Å². The van der Waals surface area contributed by atoms with Gasteiger partial charge in [-0.3, -0.25) is 0 Å². The molecule has 0 atom stereocenters. The van der Waals surface area contributed by atoms with Crippen LogP contribution in [0.3, 0.4) is 0 Å². The largest absolute Gasteiger partial charge is 0.678 e. The van der Waals surface area contributed by atoms with E-state index in [1.165, 1.54) is 0 Å². The molecule has 0 aliphatic rings. The second kappa shape index (κ2) is 13.7. The molecule has 0 aliphatic heterocycles.